The Morgan fingerprint density at radius 1 is 0.735 bits per heavy atom. The Bertz CT molecular complexity index is 1630. The Labute approximate surface area is 202 Å². The fourth-order valence-corrected chi connectivity index (χ4v) is 4.65. The zero-order valence-corrected chi connectivity index (χ0v) is 19.3. The Balaban J connectivity index is 1.39. The molecule has 0 amide bonds. The minimum Gasteiger partial charge on any atom is -0.497 e. The summed E-state index contributed by atoms with van der Waals surface area (Å²) in [5, 5.41) is 4.99. The molecule has 0 N–H and O–H groups in total. The first kappa shape index (κ1) is 20.6. The Kier molecular flexibility index (Phi) is 5.12. The highest BCUT2D eigenvalue weighted by atomic mass is 35.5. The summed E-state index contributed by atoms with van der Waals surface area (Å²) in [6.45, 7) is 0.487. The maximum Gasteiger partial charge on any atom is 0.144 e. The standard InChI is InChI=1S/C30H21ClO3/c1-32-23-10-7-19(8-11-23)18-33-24-12-9-21-16-26-25-13-14-27(31)29(20-5-3-2-4-6-20)30(25)34-28(26)17-22(21)15-24/h2-17H,18H2,1H3. The van der Waals surface area contributed by atoms with Crippen molar-refractivity contribution in [3.8, 4) is 22.6 Å². The number of rotatable bonds is 5. The molecule has 0 saturated carbocycles. The van der Waals surface area contributed by atoms with Crippen LogP contribution in [0.15, 0.2) is 101 Å². The smallest absolute Gasteiger partial charge is 0.144 e. The summed E-state index contributed by atoms with van der Waals surface area (Å²) in [6.07, 6.45) is 0. The number of methoxy groups -OCH3 is 1. The maximum absolute atomic E-state index is 6.61. The third-order valence-corrected chi connectivity index (χ3v) is 6.46. The highest BCUT2D eigenvalue weighted by molar-refractivity contribution is 6.35. The van der Waals surface area contributed by atoms with Crippen LogP contribution in [0.1, 0.15) is 5.56 Å². The molecule has 1 aromatic heterocycles. The molecular formula is C30H21ClO3. The van der Waals surface area contributed by atoms with E-state index >= 15 is 0 Å². The predicted molar refractivity (Wildman–Crippen MR) is 139 cm³/mol. The molecule has 3 nitrogen and oxygen atoms in total. The largest absolute Gasteiger partial charge is 0.497 e. The lowest BCUT2D eigenvalue weighted by Gasteiger charge is -2.08. The summed E-state index contributed by atoms with van der Waals surface area (Å²) in [6, 6.07) is 32.4. The van der Waals surface area contributed by atoms with Crippen molar-refractivity contribution >= 4 is 44.3 Å². The second-order valence-corrected chi connectivity index (χ2v) is 8.67. The number of fused-ring (bicyclic) bond motifs is 4. The molecule has 166 valence electrons. The molecule has 5 aromatic carbocycles. The topological polar surface area (TPSA) is 31.6 Å². The molecule has 0 radical (unpaired) electrons. The molecule has 0 bridgehead atoms. The van der Waals surface area contributed by atoms with E-state index in [2.05, 4.69) is 36.4 Å². The Hall–Kier alpha value is -3.95. The first-order valence-electron chi connectivity index (χ1n) is 11.1. The van der Waals surface area contributed by atoms with Crippen LogP contribution < -0.4 is 9.47 Å². The first-order valence-corrected chi connectivity index (χ1v) is 11.5. The van der Waals surface area contributed by atoms with E-state index in [-0.39, 0.29) is 0 Å². The molecule has 4 heteroatoms. The molecule has 0 unspecified atom stereocenters. The fourth-order valence-electron chi connectivity index (χ4n) is 4.39. The van der Waals surface area contributed by atoms with Crippen molar-refractivity contribution in [2.24, 2.45) is 0 Å². The van der Waals surface area contributed by atoms with E-state index < -0.39 is 0 Å². The average molecular weight is 465 g/mol. The molecular weight excluding hydrogens is 444 g/mol. The van der Waals surface area contributed by atoms with Crippen molar-refractivity contribution in [3.05, 3.63) is 108 Å². The summed E-state index contributed by atoms with van der Waals surface area (Å²) in [5.74, 6) is 1.65. The number of benzene rings is 5. The van der Waals surface area contributed by atoms with E-state index in [9.17, 15) is 0 Å². The van der Waals surface area contributed by atoms with Gasteiger partial charge in [-0.3, -0.25) is 0 Å². The lowest BCUT2D eigenvalue weighted by molar-refractivity contribution is 0.306. The third-order valence-electron chi connectivity index (χ3n) is 6.15. The highest BCUT2D eigenvalue weighted by Gasteiger charge is 2.16. The Morgan fingerprint density at radius 3 is 2.32 bits per heavy atom. The lowest BCUT2D eigenvalue weighted by atomic mass is 10.0. The molecule has 0 aliphatic carbocycles. The SMILES string of the molecule is COc1ccc(COc2ccc3cc4c(cc3c2)oc2c(-c3ccccc3)c(Cl)ccc24)cc1. The second-order valence-electron chi connectivity index (χ2n) is 8.26. The third kappa shape index (κ3) is 3.64. The zero-order chi connectivity index (χ0) is 23.1. The fraction of sp³-hybridized carbons (Fsp3) is 0.0667. The van der Waals surface area contributed by atoms with Gasteiger partial charge < -0.3 is 13.9 Å². The zero-order valence-electron chi connectivity index (χ0n) is 18.5. The van der Waals surface area contributed by atoms with Gasteiger partial charge >= 0.3 is 0 Å². The number of hydrogen-bond donors (Lipinski definition) is 0. The van der Waals surface area contributed by atoms with E-state index in [0.717, 1.165) is 60.9 Å². The highest BCUT2D eigenvalue weighted by Crippen LogP contribution is 2.41. The summed E-state index contributed by atoms with van der Waals surface area (Å²) < 4.78 is 17.6. The van der Waals surface area contributed by atoms with Gasteiger partial charge in [0.2, 0.25) is 0 Å². The van der Waals surface area contributed by atoms with Gasteiger partial charge in [0.1, 0.15) is 29.3 Å². The van der Waals surface area contributed by atoms with E-state index in [1.54, 1.807) is 7.11 Å². The first-order chi connectivity index (χ1) is 16.7. The van der Waals surface area contributed by atoms with Crippen LogP contribution in [-0.2, 0) is 6.61 Å². The monoisotopic (exact) mass is 464 g/mol. The van der Waals surface area contributed by atoms with Crippen LogP contribution in [0.5, 0.6) is 11.5 Å². The number of halogens is 1. The average Bonchev–Trinajstić information content (AvgIpc) is 3.23. The van der Waals surface area contributed by atoms with E-state index in [1.165, 1.54) is 0 Å². The van der Waals surface area contributed by atoms with Crippen LogP contribution in [0.3, 0.4) is 0 Å². The molecule has 1 heterocycles. The van der Waals surface area contributed by atoms with Gasteiger partial charge in [-0.15, -0.1) is 0 Å². The van der Waals surface area contributed by atoms with Crippen molar-refractivity contribution in [2.75, 3.05) is 7.11 Å². The lowest BCUT2D eigenvalue weighted by Crippen LogP contribution is -1.95. The van der Waals surface area contributed by atoms with Gasteiger partial charge in [-0.05, 0) is 70.4 Å². The van der Waals surface area contributed by atoms with Gasteiger partial charge in [0.15, 0.2) is 0 Å². The quantitative estimate of drug-likeness (QED) is 0.256. The van der Waals surface area contributed by atoms with Crippen molar-refractivity contribution in [3.63, 3.8) is 0 Å². The van der Waals surface area contributed by atoms with Gasteiger partial charge in [0, 0.05) is 16.3 Å². The maximum atomic E-state index is 6.61. The van der Waals surface area contributed by atoms with E-state index in [0.29, 0.717) is 11.6 Å². The molecule has 0 atom stereocenters. The van der Waals surface area contributed by atoms with Crippen molar-refractivity contribution in [1.29, 1.82) is 0 Å². The van der Waals surface area contributed by atoms with Crippen LogP contribution in [0.4, 0.5) is 0 Å². The van der Waals surface area contributed by atoms with Crippen molar-refractivity contribution in [2.45, 2.75) is 6.61 Å². The van der Waals surface area contributed by atoms with Crippen LogP contribution in [-0.4, -0.2) is 7.11 Å². The normalized spacial score (nSPS) is 11.4. The van der Waals surface area contributed by atoms with E-state index in [1.807, 2.05) is 60.7 Å². The van der Waals surface area contributed by atoms with Crippen LogP contribution in [0.25, 0.3) is 43.8 Å². The molecule has 0 saturated heterocycles. The summed E-state index contributed by atoms with van der Waals surface area (Å²) in [5.41, 5.74) is 4.67. The second kappa shape index (κ2) is 8.44. The number of ether oxygens (including phenoxy) is 2. The van der Waals surface area contributed by atoms with E-state index in [4.69, 9.17) is 25.5 Å². The summed E-state index contributed by atoms with van der Waals surface area (Å²) in [7, 11) is 1.66. The van der Waals surface area contributed by atoms with Crippen LogP contribution in [0, 0.1) is 0 Å². The van der Waals surface area contributed by atoms with Gasteiger partial charge in [0.05, 0.1) is 12.1 Å². The molecule has 0 aliphatic rings. The molecule has 0 spiro atoms. The van der Waals surface area contributed by atoms with Crippen LogP contribution in [0.2, 0.25) is 5.02 Å². The molecule has 0 aliphatic heterocycles. The van der Waals surface area contributed by atoms with Gasteiger partial charge in [-0.1, -0.05) is 60.1 Å². The number of hydrogen-bond acceptors (Lipinski definition) is 3. The number of furan rings is 1. The van der Waals surface area contributed by atoms with Crippen molar-refractivity contribution in [1.82, 2.24) is 0 Å². The van der Waals surface area contributed by atoms with Gasteiger partial charge in [0.25, 0.3) is 0 Å². The van der Waals surface area contributed by atoms with Crippen molar-refractivity contribution < 1.29 is 13.9 Å². The molecule has 6 rings (SSSR count). The molecule has 6 aromatic rings. The minimum absolute atomic E-state index is 0.487. The summed E-state index contributed by atoms with van der Waals surface area (Å²) in [4.78, 5) is 0. The predicted octanol–water partition coefficient (Wildman–Crippen LogP) is 8.65. The van der Waals surface area contributed by atoms with Gasteiger partial charge in [-0.25, -0.2) is 0 Å². The van der Waals surface area contributed by atoms with Gasteiger partial charge in [-0.2, -0.15) is 0 Å². The molecule has 34 heavy (non-hydrogen) atoms. The minimum atomic E-state index is 0.487. The van der Waals surface area contributed by atoms with Crippen LogP contribution >= 0.6 is 11.6 Å². The molecule has 0 fully saturated rings. The summed E-state index contributed by atoms with van der Waals surface area (Å²) >= 11 is 6.61. The Morgan fingerprint density at radius 2 is 1.53 bits per heavy atom.